The van der Waals surface area contributed by atoms with Crippen LogP contribution in [0.4, 0.5) is 0 Å². The summed E-state index contributed by atoms with van der Waals surface area (Å²) in [6.07, 6.45) is -0.0182. The lowest BCUT2D eigenvalue weighted by atomic mass is 10.1. The highest BCUT2D eigenvalue weighted by Crippen LogP contribution is 2.37. The lowest BCUT2D eigenvalue weighted by Crippen LogP contribution is -2.01. The zero-order valence-corrected chi connectivity index (χ0v) is 11.9. The van der Waals surface area contributed by atoms with Gasteiger partial charge in [0.1, 0.15) is 22.0 Å². The molecule has 6 nitrogen and oxygen atoms in total. The number of aromatic hydroxyl groups is 1. The van der Waals surface area contributed by atoms with E-state index in [1.807, 2.05) is 0 Å². The molecule has 0 atom stereocenters. The number of phenolic OH excluding ortho intramolecular Hbond substituents is 1. The Hall–Kier alpha value is -2.60. The molecule has 0 saturated heterocycles. The molecule has 0 aromatic heterocycles. The Bertz CT molecular complexity index is 918. The van der Waals surface area contributed by atoms with E-state index in [0.29, 0.717) is 16.8 Å². The molecule has 0 spiro atoms. The van der Waals surface area contributed by atoms with Crippen molar-refractivity contribution >= 4 is 28.7 Å². The van der Waals surface area contributed by atoms with Crippen LogP contribution < -0.4 is 5.43 Å². The lowest BCUT2D eigenvalue weighted by molar-refractivity contribution is -0.136. The van der Waals surface area contributed by atoms with Crippen molar-refractivity contribution in [1.29, 1.82) is 0 Å². The van der Waals surface area contributed by atoms with Gasteiger partial charge in [-0.25, -0.2) is 4.98 Å². The minimum absolute atomic E-state index is 0.0522. The van der Waals surface area contributed by atoms with E-state index in [0.717, 1.165) is 0 Å². The molecule has 0 amide bonds. The fourth-order valence-electron chi connectivity index (χ4n) is 2.18. The molecule has 1 aliphatic carbocycles. The van der Waals surface area contributed by atoms with E-state index in [1.165, 1.54) is 24.3 Å². The Kier molecular flexibility index (Phi) is 3.46. The number of carbonyl (C=O) groups is 1. The summed E-state index contributed by atoms with van der Waals surface area (Å²) >= 11 is 6.08. The summed E-state index contributed by atoms with van der Waals surface area (Å²) in [5.74, 6) is -0.951. The van der Waals surface area contributed by atoms with Gasteiger partial charge >= 0.3 is 5.97 Å². The fourth-order valence-corrected chi connectivity index (χ4v) is 2.44. The van der Waals surface area contributed by atoms with Crippen LogP contribution in [0.25, 0.3) is 22.6 Å². The van der Waals surface area contributed by atoms with Crippen LogP contribution in [0.1, 0.15) is 12.0 Å². The van der Waals surface area contributed by atoms with Gasteiger partial charge in [0, 0.05) is 12.5 Å². The molecule has 7 heteroatoms. The van der Waals surface area contributed by atoms with Crippen LogP contribution in [-0.4, -0.2) is 21.2 Å². The van der Waals surface area contributed by atoms with E-state index in [9.17, 15) is 14.7 Å². The van der Waals surface area contributed by atoms with Crippen molar-refractivity contribution in [2.45, 2.75) is 12.8 Å². The highest BCUT2D eigenvalue weighted by molar-refractivity contribution is 6.36. The number of fused-ring (bicyclic) bond motifs is 2. The third-order valence-electron chi connectivity index (χ3n) is 3.25. The van der Waals surface area contributed by atoms with Crippen molar-refractivity contribution in [3.8, 4) is 17.2 Å². The van der Waals surface area contributed by atoms with E-state index in [1.54, 1.807) is 0 Å². The molecule has 0 unspecified atom stereocenters. The molecule has 0 bridgehead atoms. The number of phenols is 1. The van der Waals surface area contributed by atoms with Gasteiger partial charge in [-0.2, -0.15) is 0 Å². The Balaban J connectivity index is 2.23. The molecular weight excluding hydrogens is 310 g/mol. The Labute approximate surface area is 128 Å². The minimum atomic E-state index is -0.977. The summed E-state index contributed by atoms with van der Waals surface area (Å²) in [6.45, 7) is 0. The summed E-state index contributed by atoms with van der Waals surface area (Å²) in [7, 11) is 0. The number of nitrogens with zero attached hydrogens (tertiary/aromatic N) is 1. The number of carboxylic acids is 1. The SMILES string of the molecule is O=C(O)CCc1cc2nc3ccc(=O)cc-3oc2c(Cl)c1O. The summed E-state index contributed by atoms with van der Waals surface area (Å²) < 4.78 is 5.55. The zero-order chi connectivity index (χ0) is 15.9. The molecule has 1 aromatic rings. The number of hydrogen-bond donors (Lipinski definition) is 2. The van der Waals surface area contributed by atoms with Crippen LogP contribution in [0, 0.1) is 0 Å². The number of aryl methyl sites for hydroxylation is 1. The fraction of sp³-hybridized carbons (Fsp3) is 0.133. The average Bonchev–Trinajstić information content (AvgIpc) is 2.48. The van der Waals surface area contributed by atoms with Crippen molar-refractivity contribution < 1.29 is 19.4 Å². The molecular formula is C15H10ClNO5. The monoisotopic (exact) mass is 319 g/mol. The molecule has 0 radical (unpaired) electrons. The van der Waals surface area contributed by atoms with Gasteiger partial charge in [-0.15, -0.1) is 0 Å². The topological polar surface area (TPSA) is 101 Å². The summed E-state index contributed by atoms with van der Waals surface area (Å²) in [6, 6.07) is 5.71. The predicted octanol–water partition coefficient (Wildman–Crippen LogP) is 2.67. The number of benzene rings is 2. The van der Waals surface area contributed by atoms with E-state index >= 15 is 0 Å². The smallest absolute Gasteiger partial charge is 0.303 e. The third kappa shape index (κ3) is 2.48. The second kappa shape index (κ2) is 5.31. The number of rotatable bonds is 3. The van der Waals surface area contributed by atoms with E-state index in [4.69, 9.17) is 21.1 Å². The van der Waals surface area contributed by atoms with Crippen molar-refractivity contribution in [3.63, 3.8) is 0 Å². The Morgan fingerprint density at radius 2 is 2.09 bits per heavy atom. The lowest BCUT2D eigenvalue weighted by Gasteiger charge is -2.10. The normalized spacial score (nSPS) is 11.1. The second-order valence-corrected chi connectivity index (χ2v) is 5.16. The quantitative estimate of drug-likeness (QED) is 0.720. The van der Waals surface area contributed by atoms with Crippen LogP contribution >= 0.6 is 11.6 Å². The van der Waals surface area contributed by atoms with Crippen LogP contribution in [0.2, 0.25) is 5.02 Å². The maximum Gasteiger partial charge on any atom is 0.303 e. The Morgan fingerprint density at radius 1 is 1.32 bits per heavy atom. The molecule has 1 heterocycles. The van der Waals surface area contributed by atoms with Gasteiger partial charge in [0.15, 0.2) is 16.8 Å². The zero-order valence-electron chi connectivity index (χ0n) is 11.2. The van der Waals surface area contributed by atoms with E-state index in [-0.39, 0.29) is 40.4 Å². The standard InChI is InChI=1S/C15H10ClNO5/c16-13-14(21)7(1-4-12(19)20)5-10-15(13)22-11-6-8(18)2-3-9(11)17-10/h2-3,5-6,21H,1,4H2,(H,19,20). The maximum absolute atomic E-state index is 11.3. The largest absolute Gasteiger partial charge is 0.506 e. The first-order chi connectivity index (χ1) is 10.5. The molecule has 0 saturated carbocycles. The van der Waals surface area contributed by atoms with Gasteiger partial charge in [0.2, 0.25) is 0 Å². The van der Waals surface area contributed by atoms with Gasteiger partial charge in [-0.1, -0.05) is 11.6 Å². The van der Waals surface area contributed by atoms with Gasteiger partial charge in [0.05, 0.1) is 0 Å². The summed E-state index contributed by atoms with van der Waals surface area (Å²) in [5, 5.41) is 18.7. The van der Waals surface area contributed by atoms with Crippen molar-refractivity contribution in [1.82, 2.24) is 4.98 Å². The molecule has 22 heavy (non-hydrogen) atoms. The molecule has 2 aliphatic rings. The molecule has 1 aliphatic heterocycles. The number of aliphatic carboxylic acids is 1. The van der Waals surface area contributed by atoms with E-state index < -0.39 is 5.97 Å². The Morgan fingerprint density at radius 3 is 2.82 bits per heavy atom. The first-order valence-corrected chi connectivity index (χ1v) is 6.80. The highest BCUT2D eigenvalue weighted by Gasteiger charge is 2.17. The van der Waals surface area contributed by atoms with E-state index in [2.05, 4.69) is 4.98 Å². The van der Waals surface area contributed by atoms with Crippen molar-refractivity contribution in [2.24, 2.45) is 0 Å². The molecule has 112 valence electrons. The van der Waals surface area contributed by atoms with Crippen molar-refractivity contribution in [3.05, 3.63) is 45.1 Å². The minimum Gasteiger partial charge on any atom is -0.506 e. The first kappa shape index (κ1) is 14.3. The highest BCUT2D eigenvalue weighted by atomic mass is 35.5. The van der Waals surface area contributed by atoms with Gasteiger partial charge in [-0.05, 0) is 30.2 Å². The third-order valence-corrected chi connectivity index (χ3v) is 3.60. The van der Waals surface area contributed by atoms with Crippen LogP contribution in [-0.2, 0) is 11.2 Å². The van der Waals surface area contributed by atoms with Crippen LogP contribution in [0.5, 0.6) is 5.75 Å². The number of aromatic nitrogens is 1. The first-order valence-electron chi connectivity index (χ1n) is 6.42. The molecule has 3 rings (SSSR count). The molecule has 0 fully saturated rings. The van der Waals surface area contributed by atoms with Gasteiger partial charge in [-0.3, -0.25) is 9.59 Å². The number of carboxylic acid groups (broad SMARTS) is 1. The second-order valence-electron chi connectivity index (χ2n) is 4.78. The maximum atomic E-state index is 11.3. The average molecular weight is 320 g/mol. The summed E-state index contributed by atoms with van der Waals surface area (Å²) in [4.78, 5) is 26.3. The van der Waals surface area contributed by atoms with Gasteiger partial charge < -0.3 is 14.6 Å². The predicted molar refractivity (Wildman–Crippen MR) is 79.5 cm³/mol. The van der Waals surface area contributed by atoms with Crippen LogP contribution in [0.3, 0.4) is 0 Å². The van der Waals surface area contributed by atoms with Crippen LogP contribution in [0.15, 0.2) is 33.5 Å². The summed E-state index contributed by atoms with van der Waals surface area (Å²) in [5.41, 5.74) is 1.15. The van der Waals surface area contributed by atoms with Crippen molar-refractivity contribution in [2.75, 3.05) is 0 Å². The molecule has 2 N–H and O–H groups in total. The number of hydrogen-bond acceptors (Lipinski definition) is 5. The number of halogens is 1. The van der Waals surface area contributed by atoms with Gasteiger partial charge in [0.25, 0.3) is 0 Å². The molecule has 1 aromatic carbocycles.